The molecule has 4 N–H and O–H groups in total. The van der Waals surface area contributed by atoms with Gasteiger partial charge >= 0.3 is 0 Å². The summed E-state index contributed by atoms with van der Waals surface area (Å²) in [5.74, 6) is 0.0158. The molecule has 2 atom stereocenters. The van der Waals surface area contributed by atoms with Gasteiger partial charge in [-0.1, -0.05) is 12.1 Å². The van der Waals surface area contributed by atoms with Crippen molar-refractivity contribution in [3.8, 4) is 0 Å². The molecule has 0 aromatic heterocycles. The predicted molar refractivity (Wildman–Crippen MR) is 78.2 cm³/mol. The summed E-state index contributed by atoms with van der Waals surface area (Å²) < 4.78 is 0. The largest absolute Gasteiger partial charge is 0.350 e. The highest BCUT2D eigenvalue weighted by Crippen LogP contribution is 2.26. The van der Waals surface area contributed by atoms with Gasteiger partial charge in [0.2, 0.25) is 11.8 Å². The van der Waals surface area contributed by atoms with Gasteiger partial charge in [-0.15, -0.1) is 0 Å². The summed E-state index contributed by atoms with van der Waals surface area (Å²) in [5, 5.41) is 5.79. The van der Waals surface area contributed by atoms with Crippen molar-refractivity contribution in [1.29, 1.82) is 0 Å². The fraction of sp³-hybridized carbons (Fsp3) is 0.467. The minimum atomic E-state index is -0.138. The van der Waals surface area contributed by atoms with Crippen LogP contribution in [0.4, 0.5) is 5.69 Å². The number of aryl methyl sites for hydroxylation is 1. The van der Waals surface area contributed by atoms with Gasteiger partial charge in [-0.2, -0.15) is 0 Å². The molecule has 2 rings (SSSR count). The highest BCUT2D eigenvalue weighted by Gasteiger charge is 2.17. The van der Waals surface area contributed by atoms with Crippen molar-refractivity contribution in [3.63, 3.8) is 0 Å². The molecule has 1 aromatic carbocycles. The lowest BCUT2D eigenvalue weighted by Crippen LogP contribution is -2.31. The highest BCUT2D eigenvalue weighted by atomic mass is 16.2. The Morgan fingerprint density at radius 3 is 2.85 bits per heavy atom. The molecule has 5 heteroatoms. The quantitative estimate of drug-likeness (QED) is 0.778. The molecular weight excluding hydrogens is 254 g/mol. The number of nitrogens with two attached hydrogens (primary N) is 1. The second-order valence-corrected chi connectivity index (χ2v) is 5.44. The van der Waals surface area contributed by atoms with Gasteiger partial charge in [-0.3, -0.25) is 9.59 Å². The number of fused-ring (bicyclic) bond motifs is 1. The maximum atomic E-state index is 11.7. The van der Waals surface area contributed by atoms with E-state index in [2.05, 4.69) is 10.6 Å². The first kappa shape index (κ1) is 14.5. The topological polar surface area (TPSA) is 84.2 Å². The molecule has 0 bridgehead atoms. The molecule has 0 saturated heterocycles. The number of hydrogen-bond acceptors (Lipinski definition) is 3. The molecule has 1 aromatic rings. The fourth-order valence-corrected chi connectivity index (χ4v) is 2.35. The van der Waals surface area contributed by atoms with Crippen LogP contribution in [0.2, 0.25) is 0 Å². The minimum Gasteiger partial charge on any atom is -0.350 e. The Hall–Kier alpha value is -1.88. The van der Waals surface area contributed by atoms with Crippen molar-refractivity contribution in [1.82, 2.24) is 5.32 Å². The fourth-order valence-electron chi connectivity index (χ4n) is 2.35. The Kier molecular flexibility index (Phi) is 4.39. The van der Waals surface area contributed by atoms with E-state index >= 15 is 0 Å². The minimum absolute atomic E-state index is 0.0430. The zero-order valence-electron chi connectivity index (χ0n) is 11.9. The van der Waals surface area contributed by atoms with Gasteiger partial charge in [0.1, 0.15) is 0 Å². The number of anilines is 1. The van der Waals surface area contributed by atoms with Gasteiger partial charge in [0, 0.05) is 24.6 Å². The lowest BCUT2D eigenvalue weighted by molar-refractivity contribution is -0.122. The van der Waals surface area contributed by atoms with Crippen LogP contribution in [-0.2, 0) is 16.0 Å². The summed E-state index contributed by atoms with van der Waals surface area (Å²) in [6, 6.07) is 5.67. The van der Waals surface area contributed by atoms with Crippen molar-refractivity contribution in [2.24, 2.45) is 5.73 Å². The van der Waals surface area contributed by atoms with Crippen molar-refractivity contribution < 1.29 is 9.59 Å². The molecule has 20 heavy (non-hydrogen) atoms. The Morgan fingerprint density at radius 2 is 2.15 bits per heavy atom. The Balaban J connectivity index is 2.06. The normalized spacial score (nSPS) is 16.9. The Bertz CT molecular complexity index is 526. The third-order valence-corrected chi connectivity index (χ3v) is 3.41. The predicted octanol–water partition coefficient (Wildman–Crippen LogP) is 1.49. The van der Waals surface area contributed by atoms with E-state index in [1.54, 1.807) is 0 Å². The van der Waals surface area contributed by atoms with Crippen molar-refractivity contribution in [2.75, 3.05) is 5.32 Å². The number of carbonyl (C=O) groups excluding carboxylic acids is 2. The maximum absolute atomic E-state index is 11.7. The van der Waals surface area contributed by atoms with Crippen LogP contribution in [0.1, 0.15) is 43.9 Å². The van der Waals surface area contributed by atoms with Gasteiger partial charge in [0.05, 0.1) is 6.04 Å². The number of hydrogen-bond donors (Lipinski definition) is 3. The number of rotatable bonds is 4. The maximum Gasteiger partial charge on any atom is 0.224 e. The first-order valence-corrected chi connectivity index (χ1v) is 6.93. The van der Waals surface area contributed by atoms with E-state index in [0.29, 0.717) is 12.8 Å². The number of carbonyl (C=O) groups is 2. The van der Waals surface area contributed by atoms with Gasteiger partial charge in [-0.05, 0) is 37.5 Å². The van der Waals surface area contributed by atoms with Gasteiger partial charge in [-0.25, -0.2) is 0 Å². The number of amides is 2. The molecule has 108 valence electrons. The summed E-state index contributed by atoms with van der Waals surface area (Å²) in [6.45, 7) is 3.76. The molecule has 0 aliphatic carbocycles. The van der Waals surface area contributed by atoms with Crippen LogP contribution in [0.25, 0.3) is 0 Å². The third kappa shape index (κ3) is 3.57. The van der Waals surface area contributed by atoms with Crippen LogP contribution in [0.5, 0.6) is 0 Å². The van der Waals surface area contributed by atoms with E-state index in [9.17, 15) is 9.59 Å². The van der Waals surface area contributed by atoms with Crippen molar-refractivity contribution in [2.45, 2.75) is 45.2 Å². The van der Waals surface area contributed by atoms with Crippen LogP contribution in [-0.4, -0.2) is 17.9 Å². The Morgan fingerprint density at radius 1 is 1.40 bits per heavy atom. The van der Waals surface area contributed by atoms with Crippen LogP contribution >= 0.6 is 0 Å². The molecule has 0 fully saturated rings. The van der Waals surface area contributed by atoms with E-state index in [-0.39, 0.29) is 23.9 Å². The molecule has 0 saturated carbocycles. The molecule has 2 amide bonds. The van der Waals surface area contributed by atoms with E-state index in [0.717, 1.165) is 23.2 Å². The standard InChI is InChI=1S/C15H21N3O2/c1-9(16)7-15(20)17-10(2)11-3-5-13-12(8-11)4-6-14(19)18-13/h3,5,8-10H,4,6-7,16H2,1-2H3,(H,17,20)(H,18,19). The van der Waals surface area contributed by atoms with E-state index in [1.807, 2.05) is 32.0 Å². The van der Waals surface area contributed by atoms with Gasteiger partial charge < -0.3 is 16.4 Å². The lowest BCUT2D eigenvalue weighted by Gasteiger charge is -2.20. The zero-order chi connectivity index (χ0) is 14.7. The summed E-state index contributed by atoms with van der Waals surface area (Å²) in [5.41, 5.74) is 8.65. The van der Waals surface area contributed by atoms with Gasteiger partial charge in [0.15, 0.2) is 0 Å². The van der Waals surface area contributed by atoms with E-state index in [1.165, 1.54) is 0 Å². The van der Waals surface area contributed by atoms with Crippen molar-refractivity contribution >= 4 is 17.5 Å². The second kappa shape index (κ2) is 6.05. The van der Waals surface area contributed by atoms with Crippen LogP contribution in [0, 0.1) is 0 Å². The monoisotopic (exact) mass is 275 g/mol. The van der Waals surface area contributed by atoms with Crippen LogP contribution in [0.3, 0.4) is 0 Å². The molecule has 0 radical (unpaired) electrons. The smallest absolute Gasteiger partial charge is 0.224 e. The summed E-state index contributed by atoms with van der Waals surface area (Å²) >= 11 is 0. The van der Waals surface area contributed by atoms with Crippen LogP contribution in [0.15, 0.2) is 18.2 Å². The summed E-state index contributed by atoms with van der Waals surface area (Å²) in [7, 11) is 0. The van der Waals surface area contributed by atoms with Crippen LogP contribution < -0.4 is 16.4 Å². The van der Waals surface area contributed by atoms with E-state index < -0.39 is 0 Å². The zero-order valence-corrected chi connectivity index (χ0v) is 11.9. The average molecular weight is 275 g/mol. The molecular formula is C15H21N3O2. The molecule has 2 unspecified atom stereocenters. The molecule has 1 heterocycles. The second-order valence-electron chi connectivity index (χ2n) is 5.44. The first-order chi connectivity index (χ1) is 9.45. The number of benzene rings is 1. The SMILES string of the molecule is CC(N)CC(=O)NC(C)c1ccc2c(c1)CCC(=O)N2. The molecule has 1 aliphatic rings. The van der Waals surface area contributed by atoms with E-state index in [4.69, 9.17) is 5.73 Å². The first-order valence-electron chi connectivity index (χ1n) is 6.93. The highest BCUT2D eigenvalue weighted by molar-refractivity contribution is 5.93. The average Bonchev–Trinajstić information content (AvgIpc) is 2.36. The third-order valence-electron chi connectivity index (χ3n) is 3.41. The summed E-state index contributed by atoms with van der Waals surface area (Å²) in [6.07, 6.45) is 1.59. The van der Waals surface area contributed by atoms with Crippen molar-refractivity contribution in [3.05, 3.63) is 29.3 Å². The van der Waals surface area contributed by atoms with Gasteiger partial charge in [0.25, 0.3) is 0 Å². The molecule has 5 nitrogen and oxygen atoms in total. The summed E-state index contributed by atoms with van der Waals surface area (Å²) in [4.78, 5) is 23.0. The molecule has 0 spiro atoms. The number of nitrogens with one attached hydrogen (secondary N) is 2. The molecule has 1 aliphatic heterocycles. The lowest BCUT2D eigenvalue weighted by atomic mass is 9.97. The Labute approximate surface area is 118 Å².